The van der Waals surface area contributed by atoms with E-state index < -0.39 is 0 Å². The quantitative estimate of drug-likeness (QED) is 0.434. The van der Waals surface area contributed by atoms with E-state index in [0.29, 0.717) is 6.61 Å². The summed E-state index contributed by atoms with van der Waals surface area (Å²) in [7, 11) is 0. The smallest absolute Gasteiger partial charge is 0.302 e. The molecule has 0 saturated carbocycles. The lowest BCUT2D eigenvalue weighted by atomic mass is 10.1. The number of ether oxygens (including phenoxy) is 2. The summed E-state index contributed by atoms with van der Waals surface area (Å²) in [5.74, 6) is -0.159. The lowest BCUT2D eigenvalue weighted by Gasteiger charge is -2.02. The average molecular weight is 291 g/mol. The van der Waals surface area contributed by atoms with Gasteiger partial charge in [-0.25, -0.2) is 0 Å². The normalized spacial score (nSPS) is 9.20. The molecule has 0 aliphatic heterocycles. The van der Waals surface area contributed by atoms with Gasteiger partial charge in [0.15, 0.2) is 0 Å². The van der Waals surface area contributed by atoms with Crippen molar-refractivity contribution in [2.75, 3.05) is 19.8 Å². The molecule has 0 saturated heterocycles. The fourth-order valence-corrected chi connectivity index (χ4v) is 1.66. The lowest BCUT2D eigenvalue weighted by molar-refractivity contribution is -0.141. The summed E-state index contributed by atoms with van der Waals surface area (Å²) in [6.45, 7) is 9.97. The average Bonchev–Trinajstić information content (AvgIpc) is 2.38. The van der Waals surface area contributed by atoms with Gasteiger partial charge in [-0.1, -0.05) is 51.9 Å². The zero-order valence-corrected chi connectivity index (χ0v) is 14.2. The molecule has 0 rings (SSSR count). The Morgan fingerprint density at radius 1 is 0.800 bits per heavy atom. The molecule has 0 heterocycles. The van der Waals surface area contributed by atoms with Crippen LogP contribution in [0.4, 0.5) is 0 Å². The van der Waals surface area contributed by atoms with Crippen LogP contribution in [0.5, 0.6) is 0 Å². The van der Waals surface area contributed by atoms with Gasteiger partial charge in [0, 0.05) is 20.1 Å². The van der Waals surface area contributed by atoms with Gasteiger partial charge in [0.2, 0.25) is 0 Å². The maximum atomic E-state index is 10.4. The van der Waals surface area contributed by atoms with Crippen molar-refractivity contribution in [3.8, 4) is 0 Å². The van der Waals surface area contributed by atoms with E-state index in [4.69, 9.17) is 9.47 Å². The summed E-state index contributed by atoms with van der Waals surface area (Å²) in [6, 6.07) is 0. The molecule has 0 aliphatic rings. The van der Waals surface area contributed by atoms with Crippen molar-refractivity contribution in [1.82, 2.24) is 6.15 Å². The zero-order chi connectivity index (χ0) is 14.8. The minimum absolute atomic E-state index is 0. The van der Waals surface area contributed by atoms with Gasteiger partial charge in [-0.15, -0.1) is 0 Å². The summed E-state index contributed by atoms with van der Waals surface area (Å²) < 4.78 is 9.68. The number of hydrogen-bond donors (Lipinski definition) is 1. The van der Waals surface area contributed by atoms with E-state index in [1.807, 2.05) is 13.8 Å². The standard InChI is InChI=1S/C12H24O2.C4H10O.H3N/c1-3-4-5-6-7-8-9-10-11-14-12(2)13;1-3-5-4-2;/h3-11H2,1-2H3;3-4H2,1-2H3;1H3. The maximum absolute atomic E-state index is 10.4. The van der Waals surface area contributed by atoms with Crippen molar-refractivity contribution in [1.29, 1.82) is 0 Å². The SMILES string of the molecule is CCCCCCCCCCOC(C)=O.CCOCC.N. The van der Waals surface area contributed by atoms with Crippen molar-refractivity contribution >= 4 is 5.97 Å². The molecule has 0 bridgehead atoms. The van der Waals surface area contributed by atoms with E-state index in [1.54, 1.807) is 0 Å². The highest BCUT2D eigenvalue weighted by atomic mass is 16.5. The Morgan fingerprint density at radius 3 is 1.60 bits per heavy atom. The molecule has 0 fully saturated rings. The maximum Gasteiger partial charge on any atom is 0.302 e. The number of hydrogen-bond acceptors (Lipinski definition) is 4. The Bertz CT molecular complexity index is 173. The first-order valence-corrected chi connectivity index (χ1v) is 7.90. The third-order valence-electron chi connectivity index (χ3n) is 2.71. The number of carbonyl (C=O) groups excluding carboxylic acids is 1. The highest BCUT2D eigenvalue weighted by Gasteiger charge is 1.93. The van der Waals surface area contributed by atoms with Crippen LogP contribution in [0.15, 0.2) is 0 Å². The summed E-state index contributed by atoms with van der Waals surface area (Å²) in [6.07, 6.45) is 10.2. The van der Waals surface area contributed by atoms with Crippen molar-refractivity contribution < 1.29 is 14.3 Å². The van der Waals surface area contributed by atoms with Gasteiger partial charge in [-0.05, 0) is 20.3 Å². The zero-order valence-electron chi connectivity index (χ0n) is 14.2. The number of unbranched alkanes of at least 4 members (excludes halogenated alkanes) is 7. The Hall–Kier alpha value is -0.610. The van der Waals surface area contributed by atoms with Crippen LogP contribution in [0, 0.1) is 0 Å². The Kier molecular flexibility index (Phi) is 28.7. The highest BCUT2D eigenvalue weighted by molar-refractivity contribution is 5.65. The van der Waals surface area contributed by atoms with E-state index >= 15 is 0 Å². The molecule has 0 atom stereocenters. The van der Waals surface area contributed by atoms with Gasteiger partial charge in [0.05, 0.1) is 6.61 Å². The fraction of sp³-hybridized carbons (Fsp3) is 0.938. The van der Waals surface area contributed by atoms with Gasteiger partial charge < -0.3 is 15.6 Å². The van der Waals surface area contributed by atoms with Gasteiger partial charge in [-0.2, -0.15) is 0 Å². The highest BCUT2D eigenvalue weighted by Crippen LogP contribution is 2.08. The molecule has 20 heavy (non-hydrogen) atoms. The third kappa shape index (κ3) is 30.4. The second-order valence-electron chi connectivity index (χ2n) is 4.60. The molecular weight excluding hydrogens is 254 g/mol. The first kappa shape index (κ1) is 24.4. The van der Waals surface area contributed by atoms with Crippen molar-refractivity contribution in [2.45, 2.75) is 79.1 Å². The van der Waals surface area contributed by atoms with Crippen LogP contribution in [-0.2, 0) is 14.3 Å². The topological polar surface area (TPSA) is 70.5 Å². The van der Waals surface area contributed by atoms with Crippen molar-refractivity contribution in [2.24, 2.45) is 0 Å². The van der Waals surface area contributed by atoms with Crippen LogP contribution in [0.3, 0.4) is 0 Å². The fourth-order valence-electron chi connectivity index (χ4n) is 1.66. The molecule has 0 aromatic carbocycles. The monoisotopic (exact) mass is 291 g/mol. The van der Waals surface area contributed by atoms with Crippen LogP contribution >= 0.6 is 0 Å². The summed E-state index contributed by atoms with van der Waals surface area (Å²) in [5.41, 5.74) is 0. The van der Waals surface area contributed by atoms with Crippen LogP contribution in [0.25, 0.3) is 0 Å². The molecule has 4 nitrogen and oxygen atoms in total. The Balaban J connectivity index is -0.000000414. The molecule has 4 heteroatoms. The molecular formula is C16H37NO3. The first-order valence-electron chi connectivity index (χ1n) is 7.90. The van der Waals surface area contributed by atoms with Crippen LogP contribution < -0.4 is 6.15 Å². The second kappa shape index (κ2) is 23.5. The van der Waals surface area contributed by atoms with Crippen LogP contribution in [-0.4, -0.2) is 25.8 Å². The first-order chi connectivity index (χ1) is 9.18. The number of esters is 1. The van der Waals surface area contributed by atoms with E-state index in [9.17, 15) is 4.79 Å². The number of carbonyl (C=O) groups is 1. The number of rotatable bonds is 11. The second-order valence-corrected chi connectivity index (χ2v) is 4.60. The lowest BCUT2D eigenvalue weighted by Crippen LogP contribution is -1.99. The van der Waals surface area contributed by atoms with E-state index in [0.717, 1.165) is 19.6 Å². The molecule has 124 valence electrons. The van der Waals surface area contributed by atoms with Gasteiger partial charge >= 0.3 is 5.97 Å². The summed E-state index contributed by atoms with van der Waals surface area (Å²) in [5, 5.41) is 0. The summed E-state index contributed by atoms with van der Waals surface area (Å²) >= 11 is 0. The van der Waals surface area contributed by atoms with Crippen molar-refractivity contribution in [3.63, 3.8) is 0 Å². The van der Waals surface area contributed by atoms with E-state index in [-0.39, 0.29) is 12.1 Å². The largest absolute Gasteiger partial charge is 0.466 e. The Labute approximate surface area is 126 Å². The molecule has 0 spiro atoms. The summed E-state index contributed by atoms with van der Waals surface area (Å²) in [4.78, 5) is 10.4. The molecule has 0 aromatic heterocycles. The third-order valence-corrected chi connectivity index (χ3v) is 2.71. The van der Waals surface area contributed by atoms with E-state index in [2.05, 4.69) is 6.92 Å². The molecule has 0 aromatic rings. The molecule has 0 unspecified atom stereocenters. The van der Waals surface area contributed by atoms with Crippen LogP contribution in [0.2, 0.25) is 0 Å². The minimum atomic E-state index is -0.159. The minimum Gasteiger partial charge on any atom is -0.466 e. The predicted octanol–water partition coefficient (Wildman–Crippen LogP) is 4.90. The van der Waals surface area contributed by atoms with Gasteiger partial charge in [0.25, 0.3) is 0 Å². The Morgan fingerprint density at radius 2 is 1.25 bits per heavy atom. The molecule has 0 aliphatic carbocycles. The van der Waals surface area contributed by atoms with E-state index in [1.165, 1.54) is 51.9 Å². The predicted molar refractivity (Wildman–Crippen MR) is 86.4 cm³/mol. The molecule has 0 radical (unpaired) electrons. The van der Waals surface area contributed by atoms with Gasteiger partial charge in [0.1, 0.15) is 0 Å². The molecule has 0 amide bonds. The van der Waals surface area contributed by atoms with Crippen molar-refractivity contribution in [3.05, 3.63) is 0 Å². The molecule has 3 N–H and O–H groups in total. The van der Waals surface area contributed by atoms with Gasteiger partial charge in [-0.3, -0.25) is 4.79 Å². The van der Waals surface area contributed by atoms with Crippen LogP contribution in [0.1, 0.15) is 79.1 Å².